The number of hydrogen-bond acceptors (Lipinski definition) is 2. The maximum atomic E-state index is 4.13. The summed E-state index contributed by atoms with van der Waals surface area (Å²) in [5.41, 5.74) is 2.32. The van der Waals surface area contributed by atoms with Gasteiger partial charge in [0, 0.05) is 17.1 Å². The molecule has 3 heteroatoms. The Bertz CT molecular complexity index is 521. The number of aromatic nitrogens is 2. The van der Waals surface area contributed by atoms with Crippen LogP contribution in [0.4, 0.5) is 5.69 Å². The summed E-state index contributed by atoms with van der Waals surface area (Å²) in [4.78, 5) is 0. The fourth-order valence-electron chi connectivity index (χ4n) is 3.24. The average Bonchev–Trinajstić information content (AvgIpc) is 2.83. The van der Waals surface area contributed by atoms with Gasteiger partial charge in [-0.05, 0) is 36.8 Å². The van der Waals surface area contributed by atoms with Gasteiger partial charge in [0.25, 0.3) is 0 Å². The van der Waals surface area contributed by atoms with Gasteiger partial charge in [-0.2, -0.15) is 5.10 Å². The summed E-state index contributed by atoms with van der Waals surface area (Å²) in [5, 5.41) is 12.1. The third-order valence-corrected chi connectivity index (χ3v) is 4.35. The van der Waals surface area contributed by atoms with Gasteiger partial charge in [0.2, 0.25) is 0 Å². The van der Waals surface area contributed by atoms with Crippen LogP contribution >= 0.6 is 0 Å². The zero-order valence-corrected chi connectivity index (χ0v) is 11.1. The van der Waals surface area contributed by atoms with Crippen LogP contribution in [0, 0.1) is 11.8 Å². The smallest absolute Gasteiger partial charge is 0.0671 e. The monoisotopic (exact) mass is 243 g/mol. The minimum atomic E-state index is 0.583. The summed E-state index contributed by atoms with van der Waals surface area (Å²) in [5.74, 6) is 1.49. The molecule has 2 aromatic rings. The van der Waals surface area contributed by atoms with Crippen LogP contribution in [0.15, 0.2) is 24.4 Å². The van der Waals surface area contributed by atoms with E-state index in [1.54, 1.807) is 0 Å². The molecule has 1 saturated carbocycles. The Morgan fingerprint density at radius 2 is 2.00 bits per heavy atom. The molecule has 1 fully saturated rings. The molecular formula is C15H21N3. The molecule has 18 heavy (non-hydrogen) atoms. The summed E-state index contributed by atoms with van der Waals surface area (Å²) in [6.45, 7) is 4.73. The van der Waals surface area contributed by atoms with Gasteiger partial charge < -0.3 is 5.32 Å². The van der Waals surface area contributed by atoms with Crippen LogP contribution < -0.4 is 5.32 Å². The van der Waals surface area contributed by atoms with Crippen molar-refractivity contribution in [1.29, 1.82) is 0 Å². The molecule has 0 aliphatic heterocycles. The number of rotatable bonds is 2. The molecule has 2 unspecified atom stereocenters. The SMILES string of the molecule is CC1CCCC(C)C1Nc1cccc2[nH]ncc12. The van der Waals surface area contributed by atoms with E-state index in [1.165, 1.54) is 30.3 Å². The fourth-order valence-corrected chi connectivity index (χ4v) is 3.24. The van der Waals surface area contributed by atoms with Crippen molar-refractivity contribution in [3.63, 3.8) is 0 Å². The topological polar surface area (TPSA) is 40.7 Å². The largest absolute Gasteiger partial charge is 0.381 e. The van der Waals surface area contributed by atoms with Crippen molar-refractivity contribution in [3.8, 4) is 0 Å². The molecule has 0 saturated heterocycles. The summed E-state index contributed by atoms with van der Waals surface area (Å²) in [6, 6.07) is 6.90. The molecule has 0 bridgehead atoms. The highest BCUT2D eigenvalue weighted by Gasteiger charge is 2.27. The van der Waals surface area contributed by atoms with Crippen molar-refractivity contribution in [3.05, 3.63) is 24.4 Å². The van der Waals surface area contributed by atoms with Gasteiger partial charge in [0.1, 0.15) is 0 Å². The molecule has 0 amide bonds. The maximum Gasteiger partial charge on any atom is 0.0671 e. The fraction of sp³-hybridized carbons (Fsp3) is 0.533. The van der Waals surface area contributed by atoms with Crippen molar-refractivity contribution < 1.29 is 0 Å². The van der Waals surface area contributed by atoms with Crippen LogP contribution in [-0.4, -0.2) is 16.2 Å². The van der Waals surface area contributed by atoms with E-state index in [9.17, 15) is 0 Å². The van der Waals surface area contributed by atoms with Crippen LogP contribution in [0.25, 0.3) is 10.9 Å². The number of aromatic amines is 1. The van der Waals surface area contributed by atoms with E-state index in [-0.39, 0.29) is 0 Å². The van der Waals surface area contributed by atoms with Crippen LogP contribution in [0.3, 0.4) is 0 Å². The number of H-pyrrole nitrogens is 1. The number of fused-ring (bicyclic) bond motifs is 1. The van der Waals surface area contributed by atoms with Crippen molar-refractivity contribution in [2.75, 3.05) is 5.32 Å². The zero-order valence-electron chi connectivity index (χ0n) is 11.1. The van der Waals surface area contributed by atoms with Crippen molar-refractivity contribution in [2.45, 2.75) is 39.2 Å². The average molecular weight is 243 g/mol. The van der Waals surface area contributed by atoms with Crippen LogP contribution in [0.5, 0.6) is 0 Å². The van der Waals surface area contributed by atoms with E-state index < -0.39 is 0 Å². The van der Waals surface area contributed by atoms with Gasteiger partial charge in [-0.3, -0.25) is 5.10 Å². The van der Waals surface area contributed by atoms with Crippen molar-refractivity contribution >= 4 is 16.6 Å². The van der Waals surface area contributed by atoms with E-state index in [1.807, 2.05) is 6.20 Å². The third-order valence-electron chi connectivity index (χ3n) is 4.35. The van der Waals surface area contributed by atoms with Crippen molar-refractivity contribution in [1.82, 2.24) is 10.2 Å². The van der Waals surface area contributed by atoms with E-state index in [4.69, 9.17) is 0 Å². The molecule has 1 aliphatic carbocycles. The zero-order chi connectivity index (χ0) is 12.5. The first-order valence-corrected chi connectivity index (χ1v) is 6.94. The molecule has 1 heterocycles. The van der Waals surface area contributed by atoms with Gasteiger partial charge in [0.05, 0.1) is 11.7 Å². The van der Waals surface area contributed by atoms with Gasteiger partial charge >= 0.3 is 0 Å². The quantitative estimate of drug-likeness (QED) is 0.842. The molecule has 3 rings (SSSR count). The molecule has 1 aromatic heterocycles. The van der Waals surface area contributed by atoms with Gasteiger partial charge in [-0.25, -0.2) is 0 Å². The summed E-state index contributed by atoms with van der Waals surface area (Å²) in [6.07, 6.45) is 5.96. The number of benzene rings is 1. The van der Waals surface area contributed by atoms with E-state index in [0.717, 1.165) is 17.4 Å². The third kappa shape index (κ3) is 1.98. The molecule has 1 aliphatic rings. The highest BCUT2D eigenvalue weighted by atomic mass is 15.1. The first-order chi connectivity index (χ1) is 8.75. The minimum Gasteiger partial charge on any atom is -0.381 e. The first kappa shape index (κ1) is 11.6. The van der Waals surface area contributed by atoms with Gasteiger partial charge in [0.15, 0.2) is 0 Å². The molecule has 2 N–H and O–H groups in total. The Balaban J connectivity index is 1.89. The Hall–Kier alpha value is -1.51. The van der Waals surface area contributed by atoms with E-state index >= 15 is 0 Å². The maximum absolute atomic E-state index is 4.13. The lowest BCUT2D eigenvalue weighted by Gasteiger charge is -2.36. The molecule has 0 radical (unpaired) electrons. The molecule has 2 atom stereocenters. The highest BCUT2D eigenvalue weighted by molar-refractivity contribution is 5.90. The van der Waals surface area contributed by atoms with Crippen LogP contribution in [-0.2, 0) is 0 Å². The molecule has 96 valence electrons. The second-order valence-electron chi connectivity index (χ2n) is 5.69. The van der Waals surface area contributed by atoms with Crippen molar-refractivity contribution in [2.24, 2.45) is 11.8 Å². The highest BCUT2D eigenvalue weighted by Crippen LogP contribution is 2.32. The Morgan fingerprint density at radius 3 is 2.78 bits per heavy atom. The number of nitrogens with one attached hydrogen (secondary N) is 2. The van der Waals surface area contributed by atoms with Gasteiger partial charge in [-0.15, -0.1) is 0 Å². The first-order valence-electron chi connectivity index (χ1n) is 6.94. The molecule has 3 nitrogen and oxygen atoms in total. The van der Waals surface area contributed by atoms with E-state index in [2.05, 4.69) is 47.6 Å². The lowest BCUT2D eigenvalue weighted by atomic mass is 9.78. The lowest BCUT2D eigenvalue weighted by molar-refractivity contribution is 0.268. The summed E-state index contributed by atoms with van der Waals surface area (Å²) < 4.78 is 0. The second-order valence-corrected chi connectivity index (χ2v) is 5.69. The second kappa shape index (κ2) is 4.63. The molecular weight excluding hydrogens is 222 g/mol. The summed E-state index contributed by atoms with van der Waals surface area (Å²) in [7, 11) is 0. The Morgan fingerprint density at radius 1 is 1.22 bits per heavy atom. The number of anilines is 1. The Labute approximate surface area is 108 Å². The van der Waals surface area contributed by atoms with E-state index in [0.29, 0.717) is 6.04 Å². The minimum absolute atomic E-state index is 0.583. The van der Waals surface area contributed by atoms with Gasteiger partial charge in [-0.1, -0.05) is 26.3 Å². The standard InChI is InChI=1S/C15H21N3/c1-10-5-3-6-11(2)15(10)17-13-7-4-8-14-12(13)9-16-18-14/h4,7-11,15,17H,3,5-6H2,1-2H3,(H,16,18). The Kier molecular flexibility index (Phi) is 2.98. The number of hydrogen-bond donors (Lipinski definition) is 2. The summed E-state index contributed by atoms with van der Waals surface area (Å²) >= 11 is 0. The van der Waals surface area contributed by atoms with Crippen LogP contribution in [0.2, 0.25) is 0 Å². The molecule has 0 spiro atoms. The van der Waals surface area contributed by atoms with Crippen LogP contribution in [0.1, 0.15) is 33.1 Å². The normalized spacial score (nSPS) is 28.4. The predicted molar refractivity (Wildman–Crippen MR) is 75.7 cm³/mol. The lowest BCUT2D eigenvalue weighted by Crippen LogP contribution is -2.37. The molecule has 1 aromatic carbocycles. The predicted octanol–water partition coefficient (Wildman–Crippen LogP) is 3.80. The number of nitrogens with zero attached hydrogens (tertiary/aromatic N) is 1.